The molecule has 0 unspecified atom stereocenters. The number of hydrogen-bond acceptors (Lipinski definition) is 3. The average molecular weight is 219 g/mol. The van der Waals surface area contributed by atoms with Crippen LogP contribution < -0.4 is 5.32 Å². The molecule has 0 aliphatic carbocycles. The zero-order chi connectivity index (χ0) is 12.1. The number of benzene rings is 2. The van der Waals surface area contributed by atoms with Crippen LogP contribution in [0.1, 0.15) is 11.1 Å². The molecule has 0 aromatic heterocycles. The van der Waals surface area contributed by atoms with Gasteiger partial charge in [-0.15, -0.1) is 0 Å². The van der Waals surface area contributed by atoms with E-state index in [1.807, 2.05) is 36.4 Å². The lowest BCUT2D eigenvalue weighted by molar-refractivity contribution is 1.42. The Morgan fingerprint density at radius 3 is 2.24 bits per heavy atom. The molecule has 3 nitrogen and oxygen atoms in total. The van der Waals surface area contributed by atoms with Crippen LogP contribution in [-0.4, -0.2) is 0 Å². The first kappa shape index (κ1) is 10.7. The van der Waals surface area contributed by atoms with E-state index in [4.69, 9.17) is 10.5 Å². The summed E-state index contributed by atoms with van der Waals surface area (Å²) in [4.78, 5) is 0. The van der Waals surface area contributed by atoms with Gasteiger partial charge in [0.05, 0.1) is 16.8 Å². The predicted molar refractivity (Wildman–Crippen MR) is 65.6 cm³/mol. The zero-order valence-electron chi connectivity index (χ0n) is 9.01. The van der Waals surface area contributed by atoms with E-state index < -0.39 is 0 Å². The van der Waals surface area contributed by atoms with Crippen LogP contribution in [0.2, 0.25) is 0 Å². The Labute approximate surface area is 99.6 Å². The van der Waals surface area contributed by atoms with E-state index in [1.54, 1.807) is 18.2 Å². The molecule has 0 fully saturated rings. The van der Waals surface area contributed by atoms with Crippen molar-refractivity contribution in [2.75, 3.05) is 5.32 Å². The lowest BCUT2D eigenvalue weighted by atomic mass is 10.1. The number of nitrogens with zero attached hydrogens (tertiary/aromatic N) is 2. The Morgan fingerprint density at radius 1 is 0.824 bits per heavy atom. The molecule has 0 aliphatic rings. The number of hydrogen-bond donors (Lipinski definition) is 1. The summed E-state index contributed by atoms with van der Waals surface area (Å²) >= 11 is 0. The van der Waals surface area contributed by atoms with Crippen LogP contribution in [0.3, 0.4) is 0 Å². The summed E-state index contributed by atoms with van der Waals surface area (Å²) in [6.45, 7) is 0. The van der Waals surface area contributed by atoms with E-state index in [1.165, 1.54) is 0 Å². The second-order valence-corrected chi connectivity index (χ2v) is 3.44. The fourth-order valence-electron chi connectivity index (χ4n) is 1.55. The summed E-state index contributed by atoms with van der Waals surface area (Å²) in [5.41, 5.74) is 2.30. The second-order valence-electron chi connectivity index (χ2n) is 3.44. The second kappa shape index (κ2) is 4.83. The maximum Gasteiger partial charge on any atom is 0.103 e. The van der Waals surface area contributed by atoms with E-state index in [0.717, 1.165) is 5.69 Å². The zero-order valence-corrected chi connectivity index (χ0v) is 9.01. The third-order valence-electron chi connectivity index (χ3n) is 2.35. The molecule has 2 aromatic carbocycles. The van der Waals surface area contributed by atoms with Gasteiger partial charge in [0.25, 0.3) is 0 Å². The highest BCUT2D eigenvalue weighted by molar-refractivity contribution is 5.70. The maximum atomic E-state index is 9.07. The highest BCUT2D eigenvalue weighted by Crippen LogP contribution is 2.22. The van der Waals surface area contributed by atoms with E-state index in [-0.39, 0.29) is 0 Å². The first-order valence-electron chi connectivity index (χ1n) is 5.10. The van der Waals surface area contributed by atoms with Gasteiger partial charge in [-0.05, 0) is 24.3 Å². The van der Waals surface area contributed by atoms with Crippen molar-refractivity contribution in [3.05, 3.63) is 59.7 Å². The number of rotatable bonds is 2. The number of nitrogens with one attached hydrogen (secondary N) is 1. The molecule has 0 saturated heterocycles. The summed E-state index contributed by atoms with van der Waals surface area (Å²) < 4.78 is 0. The molecule has 3 heteroatoms. The summed E-state index contributed by atoms with van der Waals surface area (Å²) in [6, 6.07) is 18.8. The predicted octanol–water partition coefficient (Wildman–Crippen LogP) is 3.17. The minimum absolute atomic E-state index is 0.374. The van der Waals surface area contributed by atoms with Gasteiger partial charge in [0.15, 0.2) is 0 Å². The molecule has 0 radical (unpaired) electrons. The van der Waals surface area contributed by atoms with Crippen molar-refractivity contribution in [3.8, 4) is 12.1 Å². The van der Waals surface area contributed by atoms with Crippen LogP contribution in [0, 0.1) is 22.7 Å². The lowest BCUT2D eigenvalue weighted by Crippen LogP contribution is -1.95. The van der Waals surface area contributed by atoms with Gasteiger partial charge in [0, 0.05) is 5.69 Å². The molecule has 0 aliphatic heterocycles. The summed E-state index contributed by atoms with van der Waals surface area (Å²) in [7, 11) is 0. The van der Waals surface area contributed by atoms with Gasteiger partial charge < -0.3 is 5.32 Å². The molecular weight excluding hydrogens is 210 g/mol. The molecule has 0 atom stereocenters. The topological polar surface area (TPSA) is 59.6 Å². The molecule has 0 bridgehead atoms. The molecule has 2 rings (SSSR count). The Hall–Kier alpha value is -2.78. The van der Waals surface area contributed by atoms with Gasteiger partial charge in [-0.3, -0.25) is 0 Å². The van der Waals surface area contributed by atoms with Gasteiger partial charge in [-0.2, -0.15) is 10.5 Å². The van der Waals surface area contributed by atoms with E-state index >= 15 is 0 Å². The summed E-state index contributed by atoms with van der Waals surface area (Å²) in [6.07, 6.45) is 0. The lowest BCUT2D eigenvalue weighted by Gasteiger charge is -2.08. The largest absolute Gasteiger partial charge is 0.354 e. The van der Waals surface area contributed by atoms with Gasteiger partial charge in [0.1, 0.15) is 12.1 Å². The molecule has 0 heterocycles. The van der Waals surface area contributed by atoms with Crippen molar-refractivity contribution >= 4 is 11.4 Å². The SMILES string of the molecule is N#Cc1cccc(Nc2ccccc2)c1C#N. The fraction of sp³-hybridized carbons (Fsp3) is 0. The van der Waals surface area contributed by atoms with Crippen molar-refractivity contribution in [1.82, 2.24) is 0 Å². The third kappa shape index (κ3) is 2.25. The Bertz CT molecular complexity index is 604. The van der Waals surface area contributed by atoms with Crippen LogP contribution >= 0.6 is 0 Å². The summed E-state index contributed by atoms with van der Waals surface area (Å²) in [5, 5.41) is 21.1. The average Bonchev–Trinajstić information content (AvgIpc) is 2.39. The quantitative estimate of drug-likeness (QED) is 0.843. The molecule has 1 N–H and O–H groups in total. The minimum Gasteiger partial charge on any atom is -0.354 e. The van der Waals surface area contributed by atoms with Crippen molar-refractivity contribution in [2.45, 2.75) is 0 Å². The van der Waals surface area contributed by atoms with Gasteiger partial charge >= 0.3 is 0 Å². The van der Waals surface area contributed by atoms with E-state index in [2.05, 4.69) is 11.4 Å². The molecule has 80 valence electrons. The first-order chi connectivity index (χ1) is 8.35. The number of nitriles is 2. The van der Waals surface area contributed by atoms with Crippen molar-refractivity contribution in [2.24, 2.45) is 0 Å². The highest BCUT2D eigenvalue weighted by atomic mass is 14.9. The molecule has 0 spiro atoms. The standard InChI is InChI=1S/C14H9N3/c15-9-11-5-4-8-14(13(11)10-16)17-12-6-2-1-3-7-12/h1-8,17H. The highest BCUT2D eigenvalue weighted by Gasteiger charge is 2.07. The molecular formula is C14H9N3. The maximum absolute atomic E-state index is 9.07. The number of para-hydroxylation sites is 1. The number of anilines is 2. The monoisotopic (exact) mass is 219 g/mol. The smallest absolute Gasteiger partial charge is 0.103 e. The Balaban J connectivity index is 2.41. The van der Waals surface area contributed by atoms with E-state index in [9.17, 15) is 0 Å². The fourth-order valence-corrected chi connectivity index (χ4v) is 1.55. The Morgan fingerprint density at radius 2 is 1.59 bits per heavy atom. The molecule has 2 aromatic rings. The normalized spacial score (nSPS) is 9.06. The van der Waals surface area contributed by atoms with Crippen LogP contribution in [0.4, 0.5) is 11.4 Å². The molecule has 0 amide bonds. The van der Waals surface area contributed by atoms with Crippen molar-refractivity contribution in [1.29, 1.82) is 10.5 Å². The third-order valence-corrected chi connectivity index (χ3v) is 2.35. The van der Waals surface area contributed by atoms with E-state index in [0.29, 0.717) is 16.8 Å². The van der Waals surface area contributed by atoms with Crippen LogP contribution in [0.5, 0.6) is 0 Å². The first-order valence-corrected chi connectivity index (χ1v) is 5.10. The van der Waals surface area contributed by atoms with Gasteiger partial charge in [-0.25, -0.2) is 0 Å². The van der Waals surface area contributed by atoms with Crippen LogP contribution in [0.25, 0.3) is 0 Å². The Kier molecular flexibility index (Phi) is 3.05. The van der Waals surface area contributed by atoms with Crippen molar-refractivity contribution < 1.29 is 0 Å². The van der Waals surface area contributed by atoms with Crippen LogP contribution in [0.15, 0.2) is 48.5 Å². The minimum atomic E-state index is 0.374. The van der Waals surface area contributed by atoms with Crippen LogP contribution in [-0.2, 0) is 0 Å². The summed E-state index contributed by atoms with van der Waals surface area (Å²) in [5.74, 6) is 0. The van der Waals surface area contributed by atoms with Gasteiger partial charge in [0.2, 0.25) is 0 Å². The molecule has 0 saturated carbocycles. The molecule has 17 heavy (non-hydrogen) atoms. The van der Waals surface area contributed by atoms with Crippen molar-refractivity contribution in [3.63, 3.8) is 0 Å². The van der Waals surface area contributed by atoms with Gasteiger partial charge in [-0.1, -0.05) is 24.3 Å².